The van der Waals surface area contributed by atoms with E-state index in [4.69, 9.17) is 5.73 Å². The molecule has 7 nitrogen and oxygen atoms in total. The Morgan fingerprint density at radius 2 is 1.93 bits per heavy atom. The molecule has 0 bridgehead atoms. The number of nitrogens with zero attached hydrogens (tertiary/aromatic N) is 2. The summed E-state index contributed by atoms with van der Waals surface area (Å²) in [6.07, 6.45) is 5.32. The fraction of sp³-hybridized carbons (Fsp3) is 0.524. The Morgan fingerprint density at radius 1 is 1.27 bits per heavy atom. The van der Waals surface area contributed by atoms with Crippen LogP contribution in [0.4, 0.5) is 5.69 Å². The van der Waals surface area contributed by atoms with E-state index in [9.17, 15) is 19.8 Å². The normalized spacial score (nSPS) is 21.1. The molecule has 2 atom stereocenters. The number of aromatic nitrogens is 1. The number of carboxylic acids is 1. The van der Waals surface area contributed by atoms with Gasteiger partial charge in [-0.25, -0.2) is 4.79 Å². The van der Waals surface area contributed by atoms with Crippen LogP contribution in [0.15, 0.2) is 17.1 Å². The SMILES string of the molecule is CC[C@H]1C[C@H](N)CN(c2c(O)cn3c(=O)c(C(=O)O)cc(C4CC4)c3c2C)C1.Cl.Cl. The second-order valence-electron chi connectivity index (χ2n) is 8.28. The molecule has 0 aromatic carbocycles. The Labute approximate surface area is 187 Å². The predicted molar refractivity (Wildman–Crippen MR) is 122 cm³/mol. The summed E-state index contributed by atoms with van der Waals surface area (Å²) in [4.78, 5) is 26.4. The molecule has 0 spiro atoms. The van der Waals surface area contributed by atoms with Gasteiger partial charge in [0.15, 0.2) is 5.75 Å². The molecular weight excluding hydrogens is 429 g/mol. The third-order valence-electron chi connectivity index (χ3n) is 6.18. The molecule has 0 unspecified atom stereocenters. The number of piperidine rings is 1. The Bertz CT molecular complexity index is 1020. The monoisotopic (exact) mass is 457 g/mol. The van der Waals surface area contributed by atoms with Gasteiger partial charge in [0.05, 0.1) is 17.4 Å². The van der Waals surface area contributed by atoms with E-state index >= 15 is 0 Å². The van der Waals surface area contributed by atoms with Crippen molar-refractivity contribution in [3.8, 4) is 5.75 Å². The first kappa shape index (κ1) is 24.3. The van der Waals surface area contributed by atoms with E-state index in [-0.39, 0.29) is 48.1 Å². The molecule has 2 aromatic rings. The number of aromatic hydroxyl groups is 1. The number of anilines is 1. The lowest BCUT2D eigenvalue weighted by Crippen LogP contribution is -2.47. The fourth-order valence-corrected chi connectivity index (χ4v) is 4.65. The number of rotatable bonds is 4. The Morgan fingerprint density at radius 3 is 2.50 bits per heavy atom. The highest BCUT2D eigenvalue weighted by Gasteiger charge is 2.32. The van der Waals surface area contributed by atoms with Gasteiger partial charge in [-0.15, -0.1) is 24.8 Å². The van der Waals surface area contributed by atoms with Gasteiger partial charge in [-0.3, -0.25) is 9.20 Å². The van der Waals surface area contributed by atoms with Crippen LogP contribution in [0.3, 0.4) is 0 Å². The molecule has 2 fully saturated rings. The molecule has 9 heteroatoms. The van der Waals surface area contributed by atoms with E-state index < -0.39 is 11.5 Å². The number of carbonyl (C=O) groups is 1. The minimum absolute atomic E-state index is 0. The molecule has 4 N–H and O–H groups in total. The smallest absolute Gasteiger partial charge is 0.341 e. The van der Waals surface area contributed by atoms with E-state index in [0.717, 1.165) is 48.9 Å². The first-order valence-corrected chi connectivity index (χ1v) is 9.97. The number of hydrogen-bond acceptors (Lipinski definition) is 5. The van der Waals surface area contributed by atoms with Gasteiger partial charge in [-0.05, 0) is 49.7 Å². The molecule has 2 aliphatic rings. The highest BCUT2D eigenvalue weighted by atomic mass is 35.5. The van der Waals surface area contributed by atoms with Crippen LogP contribution in [0.1, 0.15) is 60.0 Å². The number of halogens is 2. The third kappa shape index (κ3) is 4.11. The van der Waals surface area contributed by atoms with Crippen molar-refractivity contribution < 1.29 is 15.0 Å². The fourth-order valence-electron chi connectivity index (χ4n) is 4.65. The van der Waals surface area contributed by atoms with Crippen LogP contribution in [-0.2, 0) is 0 Å². The van der Waals surface area contributed by atoms with Crippen molar-refractivity contribution in [1.82, 2.24) is 4.40 Å². The van der Waals surface area contributed by atoms with Crippen molar-refractivity contribution >= 4 is 42.0 Å². The van der Waals surface area contributed by atoms with Crippen LogP contribution in [0.25, 0.3) is 5.52 Å². The molecule has 1 aliphatic heterocycles. The molecule has 0 radical (unpaired) electrons. The standard InChI is InChI=1S/C21H27N3O4.2ClH/c1-3-12-6-14(22)9-23(8-12)19-11(2)18-15(13-4-5-13)7-16(21(27)28)20(26)24(18)10-17(19)25;;/h7,10,12-14,25H,3-6,8-9,22H2,1-2H3,(H,27,28);2*1H/t12-,14-;;/m0../s1. The second-order valence-corrected chi connectivity index (χ2v) is 8.28. The Kier molecular flexibility index (Phi) is 7.32. The number of pyridine rings is 2. The molecule has 1 aliphatic carbocycles. The van der Waals surface area contributed by atoms with Gasteiger partial charge in [0, 0.05) is 24.7 Å². The zero-order valence-corrected chi connectivity index (χ0v) is 18.8. The van der Waals surface area contributed by atoms with Crippen molar-refractivity contribution in [2.75, 3.05) is 18.0 Å². The van der Waals surface area contributed by atoms with Crippen molar-refractivity contribution in [3.05, 3.63) is 39.3 Å². The highest BCUT2D eigenvalue weighted by Crippen LogP contribution is 2.45. The lowest BCUT2D eigenvalue weighted by atomic mass is 9.91. The maximum absolute atomic E-state index is 12.7. The average molecular weight is 458 g/mol. The molecule has 4 rings (SSSR count). The van der Waals surface area contributed by atoms with Crippen LogP contribution >= 0.6 is 24.8 Å². The van der Waals surface area contributed by atoms with Crippen LogP contribution in [0.2, 0.25) is 0 Å². The molecule has 0 amide bonds. The summed E-state index contributed by atoms with van der Waals surface area (Å²) in [6.45, 7) is 5.51. The van der Waals surface area contributed by atoms with E-state index in [1.165, 1.54) is 16.7 Å². The lowest BCUT2D eigenvalue weighted by Gasteiger charge is -2.38. The van der Waals surface area contributed by atoms with Gasteiger partial charge < -0.3 is 20.8 Å². The molecule has 3 heterocycles. The summed E-state index contributed by atoms with van der Waals surface area (Å²) in [7, 11) is 0. The minimum Gasteiger partial charge on any atom is -0.504 e. The molecule has 166 valence electrons. The number of fused-ring (bicyclic) bond motifs is 1. The van der Waals surface area contributed by atoms with E-state index in [2.05, 4.69) is 11.8 Å². The molecule has 1 saturated heterocycles. The third-order valence-corrected chi connectivity index (χ3v) is 6.18. The number of aromatic carboxylic acids is 1. The average Bonchev–Trinajstić information content (AvgIpc) is 3.46. The summed E-state index contributed by atoms with van der Waals surface area (Å²) in [5.74, 6) is -0.536. The predicted octanol–water partition coefficient (Wildman–Crippen LogP) is 3.30. The van der Waals surface area contributed by atoms with Crippen molar-refractivity contribution in [3.63, 3.8) is 0 Å². The second kappa shape index (κ2) is 9.04. The number of aryl methyl sites for hydroxylation is 1. The van der Waals surface area contributed by atoms with Crippen LogP contribution in [-0.4, -0.2) is 39.7 Å². The summed E-state index contributed by atoms with van der Waals surface area (Å²) in [5.41, 5.74) is 8.51. The lowest BCUT2D eigenvalue weighted by molar-refractivity contribution is 0.0694. The van der Waals surface area contributed by atoms with Crippen molar-refractivity contribution in [1.29, 1.82) is 0 Å². The maximum Gasteiger partial charge on any atom is 0.341 e. The van der Waals surface area contributed by atoms with Gasteiger partial charge in [-0.2, -0.15) is 0 Å². The zero-order valence-electron chi connectivity index (χ0n) is 17.1. The van der Waals surface area contributed by atoms with E-state index in [0.29, 0.717) is 18.2 Å². The van der Waals surface area contributed by atoms with Gasteiger partial charge in [-0.1, -0.05) is 13.3 Å². The van der Waals surface area contributed by atoms with E-state index in [1.54, 1.807) is 0 Å². The summed E-state index contributed by atoms with van der Waals surface area (Å²) >= 11 is 0. The van der Waals surface area contributed by atoms with E-state index in [1.807, 2.05) is 6.92 Å². The number of hydrogen-bond donors (Lipinski definition) is 3. The van der Waals surface area contributed by atoms with Crippen molar-refractivity contribution in [2.45, 2.75) is 51.5 Å². The first-order chi connectivity index (χ1) is 13.3. The number of nitrogens with two attached hydrogens (primary N) is 1. The van der Waals surface area contributed by atoms with Gasteiger partial charge in [0.2, 0.25) is 0 Å². The quantitative estimate of drug-likeness (QED) is 0.649. The molecule has 1 saturated carbocycles. The Hall–Kier alpha value is -1.96. The van der Waals surface area contributed by atoms with Gasteiger partial charge in [0.25, 0.3) is 5.56 Å². The summed E-state index contributed by atoms with van der Waals surface area (Å²) < 4.78 is 1.31. The summed E-state index contributed by atoms with van der Waals surface area (Å²) in [6, 6.07) is 1.57. The first-order valence-electron chi connectivity index (χ1n) is 9.97. The van der Waals surface area contributed by atoms with Crippen molar-refractivity contribution in [2.24, 2.45) is 11.7 Å². The zero-order chi connectivity index (χ0) is 20.2. The van der Waals surface area contributed by atoms with Crippen LogP contribution in [0.5, 0.6) is 5.75 Å². The number of carboxylic acid groups (broad SMARTS) is 1. The van der Waals surface area contributed by atoms with Crippen LogP contribution in [0, 0.1) is 12.8 Å². The van der Waals surface area contributed by atoms with Gasteiger partial charge in [0.1, 0.15) is 5.56 Å². The molecule has 2 aromatic heterocycles. The molecule has 30 heavy (non-hydrogen) atoms. The highest BCUT2D eigenvalue weighted by molar-refractivity contribution is 5.89. The maximum atomic E-state index is 12.7. The van der Waals surface area contributed by atoms with Crippen LogP contribution < -0.4 is 16.2 Å². The topological polar surface area (TPSA) is 108 Å². The minimum atomic E-state index is -1.24. The largest absolute Gasteiger partial charge is 0.504 e. The molecular formula is C21H29Cl2N3O4. The van der Waals surface area contributed by atoms with Gasteiger partial charge >= 0.3 is 5.97 Å². The summed E-state index contributed by atoms with van der Waals surface area (Å²) in [5, 5.41) is 20.2. The Balaban J connectivity index is 0.00000160.